The van der Waals surface area contributed by atoms with Crippen LogP contribution in [-0.4, -0.2) is 36.0 Å². The minimum absolute atomic E-state index is 0.223. The third kappa shape index (κ3) is 4.28. The van der Waals surface area contributed by atoms with E-state index in [1.54, 1.807) is 31.9 Å². The molecule has 1 N–H and O–H groups in total. The van der Waals surface area contributed by atoms with Gasteiger partial charge in [0.05, 0.1) is 10.4 Å². The highest BCUT2D eigenvalue weighted by atomic mass is 32.2. The molecule has 1 aromatic heterocycles. The molecule has 1 saturated carbocycles. The Bertz CT molecular complexity index is 1100. The largest absolute Gasteiger partial charge is 0.363 e. The smallest absolute Gasteiger partial charge is 0.242 e. The Kier molecular flexibility index (Phi) is 5.96. The van der Waals surface area contributed by atoms with E-state index in [9.17, 15) is 8.42 Å². The summed E-state index contributed by atoms with van der Waals surface area (Å²) in [4.78, 5) is 0.223. The molecule has 0 amide bonds. The summed E-state index contributed by atoms with van der Waals surface area (Å²) in [5.74, 6) is 0. The molecule has 31 heavy (non-hydrogen) atoms. The minimum atomic E-state index is -3.77. The van der Waals surface area contributed by atoms with E-state index < -0.39 is 15.7 Å². The SMILES string of the molecule is CC[C@@]1(n2cnnc2)CCC[C@](NS(=O)(=O)c2ccc(-c3ccccc3)cc2)(OC)C1. The van der Waals surface area contributed by atoms with E-state index in [0.29, 0.717) is 12.8 Å². The highest BCUT2D eigenvalue weighted by molar-refractivity contribution is 7.89. The van der Waals surface area contributed by atoms with Crippen molar-refractivity contribution in [2.45, 2.75) is 55.2 Å². The fraction of sp³-hybridized carbons (Fsp3) is 0.391. The van der Waals surface area contributed by atoms with Crippen LogP contribution in [0.2, 0.25) is 0 Å². The van der Waals surface area contributed by atoms with E-state index in [0.717, 1.165) is 30.4 Å². The highest BCUT2D eigenvalue weighted by Gasteiger charge is 2.47. The molecule has 0 bridgehead atoms. The van der Waals surface area contributed by atoms with Crippen LogP contribution in [0.5, 0.6) is 0 Å². The number of methoxy groups -OCH3 is 1. The number of ether oxygens (including phenoxy) is 1. The van der Waals surface area contributed by atoms with Gasteiger partial charge in [0, 0.05) is 13.5 Å². The van der Waals surface area contributed by atoms with Crippen LogP contribution >= 0.6 is 0 Å². The van der Waals surface area contributed by atoms with Crippen LogP contribution < -0.4 is 4.72 Å². The van der Waals surface area contributed by atoms with E-state index in [4.69, 9.17) is 4.74 Å². The van der Waals surface area contributed by atoms with Crippen molar-refractivity contribution in [2.24, 2.45) is 0 Å². The maximum Gasteiger partial charge on any atom is 0.242 e. The van der Waals surface area contributed by atoms with Crippen molar-refractivity contribution in [1.82, 2.24) is 19.5 Å². The fourth-order valence-electron chi connectivity index (χ4n) is 4.63. The lowest BCUT2D eigenvalue weighted by molar-refractivity contribution is -0.0857. The molecule has 1 aliphatic carbocycles. The Morgan fingerprint density at radius 1 is 1.00 bits per heavy atom. The predicted octanol–water partition coefficient (Wildman–Crippen LogP) is 3.95. The number of benzene rings is 2. The van der Waals surface area contributed by atoms with E-state index in [-0.39, 0.29) is 10.4 Å². The zero-order chi connectivity index (χ0) is 22.0. The molecule has 1 aliphatic rings. The van der Waals surface area contributed by atoms with Crippen molar-refractivity contribution in [1.29, 1.82) is 0 Å². The molecule has 1 heterocycles. The van der Waals surface area contributed by atoms with Gasteiger partial charge >= 0.3 is 0 Å². The first kappa shape index (κ1) is 21.7. The summed E-state index contributed by atoms with van der Waals surface area (Å²) in [6.07, 6.45) is 7.08. The molecule has 164 valence electrons. The second-order valence-corrected chi connectivity index (χ2v) is 9.85. The van der Waals surface area contributed by atoms with Crippen LogP contribution in [-0.2, 0) is 20.3 Å². The van der Waals surface area contributed by atoms with Crippen molar-refractivity contribution < 1.29 is 13.2 Å². The van der Waals surface area contributed by atoms with Crippen molar-refractivity contribution in [2.75, 3.05) is 7.11 Å². The molecule has 8 heteroatoms. The third-order valence-corrected chi connectivity index (χ3v) is 7.98. The second-order valence-electron chi connectivity index (χ2n) is 8.17. The van der Waals surface area contributed by atoms with Crippen molar-refractivity contribution in [3.05, 3.63) is 67.3 Å². The van der Waals surface area contributed by atoms with Gasteiger partial charge in [-0.2, -0.15) is 4.72 Å². The van der Waals surface area contributed by atoms with E-state index in [2.05, 4.69) is 21.8 Å². The number of aromatic nitrogens is 3. The summed E-state index contributed by atoms with van der Waals surface area (Å²) >= 11 is 0. The minimum Gasteiger partial charge on any atom is -0.363 e. The van der Waals surface area contributed by atoms with Gasteiger partial charge in [-0.1, -0.05) is 49.4 Å². The van der Waals surface area contributed by atoms with E-state index in [1.807, 2.05) is 47.0 Å². The van der Waals surface area contributed by atoms with Gasteiger partial charge in [0.25, 0.3) is 0 Å². The van der Waals surface area contributed by atoms with Crippen LogP contribution in [0.3, 0.4) is 0 Å². The number of nitrogens with zero attached hydrogens (tertiary/aromatic N) is 3. The normalized spacial score (nSPS) is 24.2. The molecule has 0 aliphatic heterocycles. The summed E-state index contributed by atoms with van der Waals surface area (Å²) in [5, 5.41) is 7.91. The third-order valence-electron chi connectivity index (χ3n) is 6.44. The van der Waals surface area contributed by atoms with E-state index >= 15 is 0 Å². The summed E-state index contributed by atoms with van der Waals surface area (Å²) in [7, 11) is -2.20. The zero-order valence-corrected chi connectivity index (χ0v) is 18.7. The molecule has 7 nitrogen and oxygen atoms in total. The molecule has 0 spiro atoms. The first-order chi connectivity index (χ1) is 14.9. The van der Waals surface area contributed by atoms with Gasteiger partial charge < -0.3 is 9.30 Å². The Hall–Kier alpha value is -2.55. The van der Waals surface area contributed by atoms with Crippen LogP contribution in [0.1, 0.15) is 39.0 Å². The van der Waals surface area contributed by atoms with E-state index in [1.165, 1.54) is 0 Å². The van der Waals surface area contributed by atoms with Gasteiger partial charge in [-0.3, -0.25) is 0 Å². The molecule has 1 fully saturated rings. The molecule has 0 saturated heterocycles. The quantitative estimate of drug-likeness (QED) is 0.562. The maximum absolute atomic E-state index is 13.3. The Morgan fingerprint density at radius 3 is 2.26 bits per heavy atom. The van der Waals surface area contributed by atoms with Gasteiger partial charge in [-0.05, 0) is 48.9 Å². The number of hydrogen-bond acceptors (Lipinski definition) is 5. The molecule has 4 rings (SSSR count). The van der Waals surface area contributed by atoms with Gasteiger partial charge in [0.1, 0.15) is 18.4 Å². The molecular formula is C23H28N4O3S. The Morgan fingerprint density at radius 2 is 1.65 bits per heavy atom. The lowest BCUT2D eigenvalue weighted by Crippen LogP contribution is -2.57. The van der Waals surface area contributed by atoms with Gasteiger partial charge in [-0.25, -0.2) is 8.42 Å². The van der Waals surface area contributed by atoms with Crippen LogP contribution in [0.4, 0.5) is 0 Å². The number of hydrogen-bond donors (Lipinski definition) is 1. The summed E-state index contributed by atoms with van der Waals surface area (Å²) in [5.41, 5.74) is 0.727. The van der Waals surface area contributed by atoms with Crippen molar-refractivity contribution in [3.63, 3.8) is 0 Å². The van der Waals surface area contributed by atoms with Gasteiger partial charge in [-0.15, -0.1) is 10.2 Å². The number of rotatable bonds is 7. The second kappa shape index (κ2) is 8.53. The molecular weight excluding hydrogens is 412 g/mol. The Labute approximate surface area is 183 Å². The van der Waals surface area contributed by atoms with Gasteiger partial charge in [0.2, 0.25) is 10.0 Å². The lowest BCUT2D eigenvalue weighted by Gasteiger charge is -2.47. The zero-order valence-electron chi connectivity index (χ0n) is 17.9. The van der Waals surface area contributed by atoms with Crippen molar-refractivity contribution in [3.8, 4) is 11.1 Å². The summed E-state index contributed by atoms with van der Waals surface area (Å²) < 4.78 is 37.3. The first-order valence-electron chi connectivity index (χ1n) is 10.5. The summed E-state index contributed by atoms with van der Waals surface area (Å²) in [6, 6.07) is 16.8. The summed E-state index contributed by atoms with van der Waals surface area (Å²) in [6.45, 7) is 2.10. The highest BCUT2D eigenvalue weighted by Crippen LogP contribution is 2.43. The van der Waals surface area contributed by atoms with Crippen molar-refractivity contribution >= 4 is 10.0 Å². The number of nitrogens with one attached hydrogen (secondary N) is 1. The van der Waals surface area contributed by atoms with Crippen LogP contribution in [0, 0.1) is 0 Å². The first-order valence-corrected chi connectivity index (χ1v) is 12.0. The standard InChI is InChI=1S/C23H28N4O3S/c1-3-22(27-17-24-25-18-27)14-7-15-23(16-22,30-2)26-31(28,29)21-12-10-20(11-13-21)19-8-5-4-6-9-19/h4-6,8-13,17-18,26H,3,7,14-16H2,1-2H3/t22-,23+/m1/s1. The average Bonchev–Trinajstić information content (AvgIpc) is 3.35. The lowest BCUT2D eigenvalue weighted by atomic mass is 9.75. The number of sulfonamides is 1. The molecule has 0 radical (unpaired) electrons. The molecule has 0 unspecified atom stereocenters. The molecule has 2 atom stereocenters. The predicted molar refractivity (Wildman–Crippen MR) is 119 cm³/mol. The Balaban J connectivity index is 1.60. The topological polar surface area (TPSA) is 86.1 Å². The average molecular weight is 441 g/mol. The molecule has 2 aromatic carbocycles. The monoisotopic (exact) mass is 440 g/mol. The van der Waals surface area contributed by atoms with Crippen LogP contribution in [0.15, 0.2) is 72.1 Å². The fourth-order valence-corrected chi connectivity index (χ4v) is 5.99. The van der Waals surface area contributed by atoms with Gasteiger partial charge in [0.15, 0.2) is 0 Å². The van der Waals surface area contributed by atoms with Crippen LogP contribution in [0.25, 0.3) is 11.1 Å². The maximum atomic E-state index is 13.3. The molecule has 3 aromatic rings.